The molecule has 0 bridgehead atoms. The summed E-state index contributed by atoms with van der Waals surface area (Å²) in [6, 6.07) is 17.2. The number of anilines is 1. The maximum Gasteiger partial charge on any atom is 0.245 e. The van der Waals surface area contributed by atoms with Crippen LogP contribution in [0, 0.1) is 5.92 Å². The predicted molar refractivity (Wildman–Crippen MR) is 234 cm³/mol. The van der Waals surface area contributed by atoms with Crippen molar-refractivity contribution in [1.82, 2.24) is 31.9 Å². The van der Waals surface area contributed by atoms with E-state index >= 15 is 0 Å². The number of carbonyl (C=O) groups is 6. The summed E-state index contributed by atoms with van der Waals surface area (Å²) in [7, 11) is 0. The Labute approximate surface area is 356 Å². The Kier molecular flexibility index (Phi) is 19.1. The summed E-state index contributed by atoms with van der Waals surface area (Å²) in [5, 5.41) is 42.6. The van der Waals surface area contributed by atoms with Crippen LogP contribution in [0.1, 0.15) is 65.4 Å². The third kappa shape index (κ3) is 15.1. The van der Waals surface area contributed by atoms with Crippen molar-refractivity contribution < 1.29 is 39.0 Å². The molecular formula is C44H61N7O8S. The van der Waals surface area contributed by atoms with E-state index in [9.17, 15) is 39.0 Å². The summed E-state index contributed by atoms with van der Waals surface area (Å²) in [6.45, 7) is 6.62. The monoisotopic (exact) mass is 847 g/mol. The van der Waals surface area contributed by atoms with E-state index < -0.39 is 77.9 Å². The van der Waals surface area contributed by atoms with Gasteiger partial charge in [-0.2, -0.15) is 11.8 Å². The number of benzene rings is 3. The van der Waals surface area contributed by atoms with Crippen LogP contribution in [0.2, 0.25) is 0 Å². The molecule has 1 aliphatic heterocycles. The van der Waals surface area contributed by atoms with Gasteiger partial charge < -0.3 is 47.4 Å². The molecule has 3 aromatic carbocycles. The fraction of sp³-hybridized carbons (Fsp3) is 0.500. The Morgan fingerprint density at radius 3 is 2.08 bits per heavy atom. The highest BCUT2D eigenvalue weighted by molar-refractivity contribution is 7.99. The lowest BCUT2D eigenvalue weighted by molar-refractivity contribution is -0.137. The fourth-order valence-corrected chi connectivity index (χ4v) is 7.73. The maximum atomic E-state index is 13.9. The minimum Gasteiger partial charge on any atom is -0.391 e. The lowest BCUT2D eigenvalue weighted by atomic mass is 10.0. The van der Waals surface area contributed by atoms with Crippen molar-refractivity contribution in [1.29, 1.82) is 0 Å². The summed E-state index contributed by atoms with van der Waals surface area (Å²) in [4.78, 5) is 80.9. The number of hydrogen-bond donors (Lipinski definition) is 9. The highest BCUT2D eigenvalue weighted by Gasteiger charge is 2.36. The average Bonchev–Trinajstić information content (AvgIpc) is 3.23. The van der Waals surface area contributed by atoms with Crippen LogP contribution in [0.4, 0.5) is 5.69 Å². The molecule has 1 heterocycles. The molecule has 1 fully saturated rings. The first-order valence-electron chi connectivity index (χ1n) is 20.7. The van der Waals surface area contributed by atoms with Gasteiger partial charge in [-0.3, -0.25) is 28.8 Å². The lowest BCUT2D eigenvalue weighted by Crippen LogP contribution is -2.63. The van der Waals surface area contributed by atoms with Gasteiger partial charge in [-0.25, -0.2) is 0 Å². The van der Waals surface area contributed by atoms with E-state index in [1.165, 1.54) is 25.6 Å². The summed E-state index contributed by atoms with van der Waals surface area (Å²) in [6.07, 6.45) is 0.567. The van der Waals surface area contributed by atoms with Crippen LogP contribution < -0.4 is 37.2 Å². The second-order valence-corrected chi connectivity index (χ2v) is 16.7. The van der Waals surface area contributed by atoms with Crippen molar-refractivity contribution in [3.05, 3.63) is 78.4 Å². The van der Waals surface area contributed by atoms with Crippen LogP contribution in [0.5, 0.6) is 0 Å². The van der Waals surface area contributed by atoms with Crippen molar-refractivity contribution in [3.63, 3.8) is 0 Å². The smallest absolute Gasteiger partial charge is 0.245 e. The molecule has 0 spiro atoms. The molecule has 1 saturated heterocycles. The molecule has 7 atom stereocenters. The number of nitrogens with one attached hydrogen (secondary N) is 7. The van der Waals surface area contributed by atoms with E-state index in [4.69, 9.17) is 0 Å². The fourth-order valence-electron chi connectivity index (χ4n) is 6.69. The van der Waals surface area contributed by atoms with Gasteiger partial charge in [0, 0.05) is 31.0 Å². The van der Waals surface area contributed by atoms with E-state index in [1.54, 1.807) is 13.8 Å². The first kappa shape index (κ1) is 47.5. The number of carbonyl (C=O) groups excluding carboxylic acids is 6. The number of hydrogen-bond acceptors (Lipinski definition) is 10. The summed E-state index contributed by atoms with van der Waals surface area (Å²) in [5.41, 5.74) is 1.85. The molecule has 4 rings (SSSR count). The van der Waals surface area contributed by atoms with Crippen molar-refractivity contribution in [3.8, 4) is 0 Å². The Bertz CT molecular complexity index is 1900. The number of aliphatic hydroxyl groups excluding tert-OH is 2. The van der Waals surface area contributed by atoms with Crippen molar-refractivity contribution in [2.24, 2.45) is 5.92 Å². The molecular weight excluding hydrogens is 787 g/mol. The van der Waals surface area contributed by atoms with E-state index in [0.29, 0.717) is 25.1 Å². The number of amides is 6. The number of aliphatic hydroxyl groups is 2. The molecule has 15 nitrogen and oxygen atoms in total. The topological polar surface area (TPSA) is 227 Å². The van der Waals surface area contributed by atoms with Crippen LogP contribution in [0.3, 0.4) is 0 Å². The van der Waals surface area contributed by atoms with Crippen LogP contribution in [0.25, 0.3) is 10.8 Å². The first-order valence-corrected chi connectivity index (χ1v) is 21.9. The SMILES string of the molecule is CC(C)[C@H](NC(=O)[C@@H](NC(=O)C1CSCCCCCC(=O)NC(CCNc2ccc3ccccc3c2)C(=O)N1)[C@@H](C)O)C(=O)N[C@H](C(=O)NCCc1ccccc1)[C@@H](C)O. The zero-order chi connectivity index (χ0) is 43.6. The molecule has 0 saturated carbocycles. The van der Waals surface area contributed by atoms with Gasteiger partial charge in [-0.15, -0.1) is 0 Å². The van der Waals surface area contributed by atoms with Crippen molar-refractivity contribution in [2.45, 2.75) is 109 Å². The molecule has 0 aromatic heterocycles. The van der Waals surface area contributed by atoms with E-state index in [1.807, 2.05) is 72.8 Å². The molecule has 1 aliphatic rings. The molecule has 9 N–H and O–H groups in total. The Morgan fingerprint density at radius 2 is 1.38 bits per heavy atom. The first-order chi connectivity index (χ1) is 28.7. The van der Waals surface area contributed by atoms with Gasteiger partial charge in [0.1, 0.15) is 30.2 Å². The number of thioether (sulfide) groups is 1. The van der Waals surface area contributed by atoms with Crippen molar-refractivity contribution in [2.75, 3.05) is 29.9 Å². The zero-order valence-corrected chi connectivity index (χ0v) is 35.7. The predicted octanol–water partition coefficient (Wildman–Crippen LogP) is 2.15. The third-order valence-corrected chi connectivity index (χ3v) is 11.3. The summed E-state index contributed by atoms with van der Waals surface area (Å²) in [5.74, 6) is -3.49. The van der Waals surface area contributed by atoms with Crippen LogP contribution >= 0.6 is 11.8 Å². The minimum absolute atomic E-state index is 0.160. The quantitative estimate of drug-likeness (QED) is 0.0963. The summed E-state index contributed by atoms with van der Waals surface area (Å²) >= 11 is 1.44. The van der Waals surface area contributed by atoms with E-state index in [2.05, 4.69) is 37.2 Å². The van der Waals surface area contributed by atoms with Gasteiger partial charge in [-0.1, -0.05) is 80.9 Å². The molecule has 0 aliphatic carbocycles. The number of fused-ring (bicyclic) bond motifs is 1. The van der Waals surface area contributed by atoms with Crippen molar-refractivity contribution >= 4 is 63.7 Å². The highest BCUT2D eigenvalue weighted by Crippen LogP contribution is 2.19. The second-order valence-electron chi connectivity index (χ2n) is 15.6. The lowest BCUT2D eigenvalue weighted by Gasteiger charge is -2.29. The third-order valence-electron chi connectivity index (χ3n) is 10.2. The van der Waals surface area contributed by atoms with Gasteiger partial charge in [0.25, 0.3) is 0 Å². The second kappa shape index (κ2) is 24.2. The molecule has 0 radical (unpaired) electrons. The zero-order valence-electron chi connectivity index (χ0n) is 34.9. The average molecular weight is 848 g/mol. The van der Waals surface area contributed by atoms with Gasteiger partial charge >= 0.3 is 0 Å². The number of rotatable bonds is 17. The van der Waals surface area contributed by atoms with Gasteiger partial charge in [0.15, 0.2) is 0 Å². The molecule has 2 unspecified atom stereocenters. The Hall–Kier alpha value is -5.19. The van der Waals surface area contributed by atoms with Crippen LogP contribution in [0.15, 0.2) is 72.8 Å². The molecule has 16 heteroatoms. The molecule has 60 heavy (non-hydrogen) atoms. The Morgan fingerprint density at radius 1 is 0.733 bits per heavy atom. The van der Waals surface area contributed by atoms with E-state index in [-0.39, 0.29) is 31.0 Å². The maximum absolute atomic E-state index is 13.9. The standard InChI is InChI=1S/C44H61N7O8S/c1-27(2)37(43(58)51-38(28(3)52)42(57)46-22-20-30-13-7-5-8-14-30)49-44(59)39(29(4)53)50-41(56)35-26-60-24-12-6-9-17-36(54)47-34(40(55)48-35)21-23-45-33-19-18-31-15-10-11-16-32(31)25-33/h5,7-8,10-11,13-16,18-19,25,27-29,34-35,37-39,45,52-53H,6,9,12,17,20-24,26H2,1-4H3,(H,46,57)(H,47,54)(H,48,55)(H,49,59)(H,50,56)(H,51,58)/t28-,29-,34?,35?,37+,38+,39+/m1/s1. The molecule has 3 aromatic rings. The van der Waals surface area contributed by atoms with E-state index in [0.717, 1.165) is 34.9 Å². The molecule has 326 valence electrons. The summed E-state index contributed by atoms with van der Waals surface area (Å²) < 4.78 is 0. The van der Waals surface area contributed by atoms with Crippen LogP contribution in [-0.4, -0.2) is 113 Å². The van der Waals surface area contributed by atoms with Gasteiger partial charge in [-0.05, 0) is 79.7 Å². The van der Waals surface area contributed by atoms with Gasteiger partial charge in [0.2, 0.25) is 35.4 Å². The highest BCUT2D eigenvalue weighted by atomic mass is 32.2. The Balaban J connectivity index is 1.41. The van der Waals surface area contributed by atoms with Gasteiger partial charge in [0.05, 0.1) is 12.2 Å². The minimum atomic E-state index is -1.53. The normalized spacial score (nSPS) is 19.1. The van der Waals surface area contributed by atoms with Crippen LogP contribution in [-0.2, 0) is 35.2 Å². The molecule has 6 amide bonds. The largest absolute Gasteiger partial charge is 0.391 e.